The lowest BCUT2D eigenvalue weighted by molar-refractivity contribution is -0.127. The first-order valence-electron chi connectivity index (χ1n) is 11.7. The highest BCUT2D eigenvalue weighted by Crippen LogP contribution is 2.36. The van der Waals surface area contributed by atoms with Crippen LogP contribution in [0.2, 0.25) is 0 Å². The molecule has 0 saturated heterocycles. The number of likely N-dealkylation sites (N-methyl/N-ethyl adjacent to an activating group) is 1. The number of amides is 1. The van der Waals surface area contributed by atoms with E-state index >= 15 is 0 Å². The second-order valence-corrected chi connectivity index (χ2v) is 11.0. The van der Waals surface area contributed by atoms with E-state index in [1.165, 1.54) is 11.3 Å². The minimum absolute atomic E-state index is 0.139. The number of fused-ring (bicyclic) bond motifs is 1. The van der Waals surface area contributed by atoms with Crippen LogP contribution in [0, 0.1) is 0 Å². The number of hydrogen-bond donors (Lipinski definition) is 0. The Hall–Kier alpha value is -2.69. The Bertz CT molecular complexity index is 1550. The Kier molecular flexibility index (Phi) is 8.40. The van der Waals surface area contributed by atoms with Gasteiger partial charge in [0.25, 0.3) is 11.5 Å². The number of carbonyl (C=O) groups excluding carboxylic acids is 1. The van der Waals surface area contributed by atoms with E-state index in [0.717, 1.165) is 20.1 Å². The van der Waals surface area contributed by atoms with Gasteiger partial charge in [0, 0.05) is 18.7 Å². The molecule has 0 unspecified atom stereocenters. The summed E-state index contributed by atoms with van der Waals surface area (Å²) in [6.07, 6.45) is 1.82. The third-order valence-electron chi connectivity index (χ3n) is 6.26. The van der Waals surface area contributed by atoms with Crippen LogP contribution >= 0.6 is 43.2 Å². The molecule has 0 aliphatic carbocycles. The minimum atomic E-state index is -0.669. The average Bonchev–Trinajstić information content (AvgIpc) is 3.17. The molecule has 2 heterocycles. The number of hydrogen-bond acceptors (Lipinski definition) is 6. The number of ether oxygens (including phenoxy) is 2. The molecule has 0 saturated carbocycles. The van der Waals surface area contributed by atoms with Gasteiger partial charge in [-0.2, -0.15) is 0 Å². The quantitative estimate of drug-likeness (QED) is 0.374. The van der Waals surface area contributed by atoms with Crippen LogP contribution in [-0.4, -0.2) is 42.7 Å². The zero-order valence-corrected chi connectivity index (χ0v) is 25.2. The predicted octanol–water partition coefficient (Wildman–Crippen LogP) is 4.65. The highest BCUT2D eigenvalue weighted by atomic mass is 79.9. The van der Waals surface area contributed by atoms with Crippen LogP contribution < -0.4 is 24.4 Å². The molecule has 7 nitrogen and oxygen atoms in total. The fourth-order valence-electron chi connectivity index (χ4n) is 4.47. The lowest BCUT2D eigenvalue weighted by Gasteiger charge is -2.29. The van der Waals surface area contributed by atoms with Gasteiger partial charge in [0.2, 0.25) is 0 Å². The van der Waals surface area contributed by atoms with Gasteiger partial charge in [0.05, 0.1) is 39.0 Å². The van der Waals surface area contributed by atoms with E-state index in [1.54, 1.807) is 23.7 Å². The van der Waals surface area contributed by atoms with Gasteiger partial charge >= 0.3 is 0 Å². The molecule has 1 atom stereocenters. The predicted molar refractivity (Wildman–Crippen MR) is 153 cm³/mol. The Labute approximate surface area is 236 Å². The summed E-state index contributed by atoms with van der Waals surface area (Å²) in [4.78, 5) is 34.7. The van der Waals surface area contributed by atoms with Crippen molar-refractivity contribution in [3.8, 4) is 11.5 Å². The highest BCUT2D eigenvalue weighted by Gasteiger charge is 2.35. The molecule has 194 valence electrons. The first-order chi connectivity index (χ1) is 17.7. The molecule has 1 aliphatic rings. The summed E-state index contributed by atoms with van der Waals surface area (Å²) in [5.41, 5.74) is 2.39. The molecule has 1 aromatic heterocycles. The van der Waals surface area contributed by atoms with E-state index in [-0.39, 0.29) is 11.5 Å². The first-order valence-corrected chi connectivity index (χ1v) is 14.1. The standard InChI is InChI=1S/C27H27Br2N3O4S/c1-6-31(7-2)26(34)22-15(3)30-27-32(23(22)17-10-8-9-11-20(17)35-4)25(33)21(37-27)14-16-12-18(28)24(36-5)19(29)13-16/h8-14,23H,6-7H2,1-5H3/b21-14+/t23-/m0/s1. The number of benzene rings is 2. The van der Waals surface area contributed by atoms with Gasteiger partial charge in [-0.1, -0.05) is 29.5 Å². The smallest absolute Gasteiger partial charge is 0.271 e. The van der Waals surface area contributed by atoms with Gasteiger partial charge in [-0.15, -0.1) is 0 Å². The second kappa shape index (κ2) is 11.4. The number of thiazole rings is 1. The zero-order chi connectivity index (χ0) is 26.9. The molecule has 0 fully saturated rings. The van der Waals surface area contributed by atoms with Gasteiger partial charge < -0.3 is 14.4 Å². The van der Waals surface area contributed by atoms with Crippen LogP contribution in [0.3, 0.4) is 0 Å². The normalized spacial score (nSPS) is 15.3. The molecule has 0 bridgehead atoms. The van der Waals surface area contributed by atoms with Crippen LogP contribution in [0.15, 0.2) is 66.4 Å². The van der Waals surface area contributed by atoms with Gasteiger partial charge in [-0.3, -0.25) is 14.2 Å². The van der Waals surface area contributed by atoms with Crippen molar-refractivity contribution < 1.29 is 14.3 Å². The maximum absolute atomic E-state index is 13.9. The fourth-order valence-corrected chi connectivity index (χ4v) is 7.06. The molecule has 1 aliphatic heterocycles. The van der Waals surface area contributed by atoms with Gasteiger partial charge in [0.1, 0.15) is 17.5 Å². The summed E-state index contributed by atoms with van der Waals surface area (Å²) in [6, 6.07) is 10.6. The van der Waals surface area contributed by atoms with E-state index in [1.807, 2.05) is 63.2 Å². The number of rotatable bonds is 7. The maximum atomic E-state index is 13.9. The number of nitrogens with zero attached hydrogens (tertiary/aromatic N) is 3. The van der Waals surface area contributed by atoms with Crippen molar-refractivity contribution in [2.45, 2.75) is 26.8 Å². The summed E-state index contributed by atoms with van der Waals surface area (Å²) in [5.74, 6) is 1.13. The monoisotopic (exact) mass is 647 g/mol. The third kappa shape index (κ3) is 5.06. The number of methoxy groups -OCH3 is 2. The van der Waals surface area contributed by atoms with Crippen LogP contribution in [0.25, 0.3) is 6.08 Å². The van der Waals surface area contributed by atoms with Crippen LogP contribution in [0.4, 0.5) is 0 Å². The van der Waals surface area contributed by atoms with Crippen molar-refractivity contribution in [3.05, 3.63) is 87.4 Å². The van der Waals surface area contributed by atoms with Gasteiger partial charge in [-0.05, 0) is 82.5 Å². The summed E-state index contributed by atoms with van der Waals surface area (Å²) in [6.45, 7) is 6.81. The first kappa shape index (κ1) is 27.3. The van der Waals surface area contributed by atoms with Crippen molar-refractivity contribution in [2.24, 2.45) is 4.99 Å². The largest absolute Gasteiger partial charge is 0.496 e. The molecular formula is C27H27Br2N3O4S. The molecule has 37 heavy (non-hydrogen) atoms. The topological polar surface area (TPSA) is 73.1 Å². The van der Waals surface area contributed by atoms with Crippen molar-refractivity contribution in [1.29, 1.82) is 0 Å². The molecule has 0 radical (unpaired) electrons. The lowest BCUT2D eigenvalue weighted by Crippen LogP contribution is -2.43. The molecule has 0 N–H and O–H groups in total. The lowest BCUT2D eigenvalue weighted by atomic mass is 9.94. The zero-order valence-electron chi connectivity index (χ0n) is 21.2. The van der Waals surface area contributed by atoms with Crippen LogP contribution in [0.1, 0.15) is 37.9 Å². The molecule has 0 spiro atoms. The second-order valence-electron chi connectivity index (χ2n) is 8.32. The minimum Gasteiger partial charge on any atom is -0.496 e. The van der Waals surface area contributed by atoms with E-state index in [9.17, 15) is 9.59 Å². The molecule has 10 heteroatoms. The van der Waals surface area contributed by atoms with Gasteiger partial charge in [-0.25, -0.2) is 4.99 Å². The summed E-state index contributed by atoms with van der Waals surface area (Å²) < 4.78 is 14.7. The van der Waals surface area contributed by atoms with Crippen molar-refractivity contribution >= 4 is 55.2 Å². The summed E-state index contributed by atoms with van der Waals surface area (Å²) >= 11 is 8.35. The number of allylic oxidation sites excluding steroid dienone is 1. The van der Waals surface area contributed by atoms with Crippen molar-refractivity contribution in [3.63, 3.8) is 0 Å². The van der Waals surface area contributed by atoms with Crippen LogP contribution in [0.5, 0.6) is 11.5 Å². The Morgan fingerprint density at radius 2 is 1.78 bits per heavy atom. The Morgan fingerprint density at radius 3 is 2.38 bits per heavy atom. The highest BCUT2D eigenvalue weighted by molar-refractivity contribution is 9.11. The van der Waals surface area contributed by atoms with Crippen molar-refractivity contribution in [1.82, 2.24) is 9.47 Å². The molecule has 4 rings (SSSR count). The third-order valence-corrected chi connectivity index (χ3v) is 8.42. The van der Waals surface area contributed by atoms with E-state index in [0.29, 0.717) is 45.2 Å². The molecule has 2 aromatic carbocycles. The van der Waals surface area contributed by atoms with Crippen molar-refractivity contribution in [2.75, 3.05) is 27.3 Å². The molecular weight excluding hydrogens is 622 g/mol. The average molecular weight is 649 g/mol. The SMILES string of the molecule is CCN(CC)C(=O)C1=C(C)N=c2s/c(=C/c3cc(Br)c(OC)c(Br)c3)c(=O)n2[C@H]1c1ccccc1OC. The van der Waals surface area contributed by atoms with E-state index in [2.05, 4.69) is 31.9 Å². The Balaban J connectivity index is 1.99. The Morgan fingerprint density at radius 1 is 1.14 bits per heavy atom. The number of carbonyl (C=O) groups is 1. The number of para-hydroxylation sites is 1. The van der Waals surface area contributed by atoms with Crippen LogP contribution in [-0.2, 0) is 4.79 Å². The molecule has 3 aromatic rings. The fraction of sp³-hybridized carbons (Fsp3) is 0.296. The number of halogens is 2. The summed E-state index contributed by atoms with van der Waals surface area (Å²) in [5, 5.41) is 0. The van der Waals surface area contributed by atoms with Gasteiger partial charge in [0.15, 0.2) is 4.80 Å². The summed E-state index contributed by atoms with van der Waals surface area (Å²) in [7, 11) is 3.18. The molecule has 1 amide bonds. The maximum Gasteiger partial charge on any atom is 0.271 e. The number of aromatic nitrogens is 1. The van der Waals surface area contributed by atoms with E-state index < -0.39 is 6.04 Å². The van der Waals surface area contributed by atoms with E-state index in [4.69, 9.17) is 14.5 Å².